The van der Waals surface area contributed by atoms with Gasteiger partial charge in [-0.2, -0.15) is 0 Å². The number of hydrogen-bond donors (Lipinski definition) is 1. The van der Waals surface area contributed by atoms with Crippen molar-refractivity contribution in [1.82, 2.24) is 14.4 Å². The van der Waals surface area contributed by atoms with Gasteiger partial charge in [0.25, 0.3) is 0 Å². The van der Waals surface area contributed by atoms with Gasteiger partial charge in [-0.05, 0) is 71.1 Å². The normalized spacial score (nSPS) is 11.4. The second kappa shape index (κ2) is 5.31. The van der Waals surface area contributed by atoms with Crippen LogP contribution in [0.1, 0.15) is 0 Å². The fourth-order valence-electron chi connectivity index (χ4n) is 3.16. The molecule has 0 saturated heterocycles. The summed E-state index contributed by atoms with van der Waals surface area (Å²) in [5.41, 5.74) is 6.01. The maximum absolute atomic E-state index is 13.1. The predicted octanol–water partition coefficient (Wildman–Crippen LogP) is 5.29. The Bertz CT molecular complexity index is 1200. The van der Waals surface area contributed by atoms with Gasteiger partial charge in [-0.1, -0.05) is 6.07 Å². The van der Waals surface area contributed by atoms with Crippen LogP contribution in [0, 0.1) is 5.82 Å². The smallest absolute Gasteiger partial charge is 0.137 e. The Morgan fingerprint density at radius 3 is 2.48 bits per heavy atom. The number of benzene rings is 2. The van der Waals surface area contributed by atoms with Crippen LogP contribution < -0.4 is 0 Å². The van der Waals surface area contributed by atoms with Gasteiger partial charge in [0.15, 0.2) is 0 Å². The van der Waals surface area contributed by atoms with Crippen LogP contribution in [0.2, 0.25) is 0 Å². The second-order valence-electron chi connectivity index (χ2n) is 6.10. The third-order valence-corrected chi connectivity index (χ3v) is 4.48. The van der Waals surface area contributed by atoms with Crippen molar-refractivity contribution in [2.24, 2.45) is 0 Å². The van der Waals surface area contributed by atoms with Crippen LogP contribution >= 0.6 is 0 Å². The topological polar surface area (TPSA) is 33.1 Å². The molecule has 1 N–H and O–H groups in total. The van der Waals surface area contributed by atoms with E-state index in [0.717, 1.165) is 33.5 Å². The average Bonchev–Trinajstić information content (AvgIpc) is 3.27. The van der Waals surface area contributed by atoms with Crippen LogP contribution in [-0.4, -0.2) is 14.4 Å². The lowest BCUT2D eigenvalue weighted by molar-refractivity contribution is 0.628. The molecule has 0 unspecified atom stereocenters. The number of aromatic amines is 1. The zero-order valence-corrected chi connectivity index (χ0v) is 13.3. The van der Waals surface area contributed by atoms with Gasteiger partial charge in [0.2, 0.25) is 0 Å². The van der Waals surface area contributed by atoms with Crippen molar-refractivity contribution in [2.45, 2.75) is 0 Å². The lowest BCUT2D eigenvalue weighted by atomic mass is 10.1. The number of nitrogens with one attached hydrogen (secondary N) is 1. The number of hydrogen-bond acceptors (Lipinski definition) is 1. The zero-order chi connectivity index (χ0) is 16.8. The van der Waals surface area contributed by atoms with Crippen LogP contribution in [0.25, 0.3) is 38.9 Å². The molecule has 4 heteroatoms. The first-order chi connectivity index (χ1) is 12.3. The number of halogens is 1. The Morgan fingerprint density at radius 1 is 0.800 bits per heavy atom. The fraction of sp³-hybridized carbons (Fsp3) is 0. The van der Waals surface area contributed by atoms with E-state index in [4.69, 9.17) is 0 Å². The van der Waals surface area contributed by atoms with Crippen molar-refractivity contribution in [2.75, 3.05) is 0 Å². The zero-order valence-electron chi connectivity index (χ0n) is 13.3. The summed E-state index contributed by atoms with van der Waals surface area (Å²) in [6, 6.07) is 18.9. The number of fused-ring (bicyclic) bond motifs is 2. The first kappa shape index (κ1) is 14.0. The Hall–Kier alpha value is -3.40. The number of pyridine rings is 1. The van der Waals surface area contributed by atoms with Crippen molar-refractivity contribution < 1.29 is 4.39 Å². The highest BCUT2D eigenvalue weighted by atomic mass is 19.1. The van der Waals surface area contributed by atoms with Crippen molar-refractivity contribution in [1.29, 1.82) is 0 Å². The maximum atomic E-state index is 13.1. The summed E-state index contributed by atoms with van der Waals surface area (Å²) in [6.45, 7) is 0. The molecule has 0 saturated carbocycles. The molecule has 3 aromatic heterocycles. The molecule has 0 radical (unpaired) electrons. The molecule has 0 fully saturated rings. The first-order valence-corrected chi connectivity index (χ1v) is 8.08. The highest BCUT2D eigenvalue weighted by Gasteiger charge is 2.07. The second-order valence-corrected chi connectivity index (χ2v) is 6.10. The van der Waals surface area contributed by atoms with Gasteiger partial charge >= 0.3 is 0 Å². The molecule has 25 heavy (non-hydrogen) atoms. The van der Waals surface area contributed by atoms with E-state index in [1.165, 1.54) is 17.5 Å². The monoisotopic (exact) mass is 327 g/mol. The van der Waals surface area contributed by atoms with Crippen LogP contribution in [0.15, 0.2) is 79.3 Å². The lowest BCUT2D eigenvalue weighted by Crippen LogP contribution is -1.85. The van der Waals surface area contributed by atoms with E-state index in [1.807, 2.05) is 22.9 Å². The molecule has 0 aliphatic carbocycles. The third-order valence-electron chi connectivity index (χ3n) is 4.48. The Kier molecular flexibility index (Phi) is 2.97. The van der Waals surface area contributed by atoms with Gasteiger partial charge in [0, 0.05) is 29.7 Å². The number of H-pyrrole nitrogens is 1. The lowest BCUT2D eigenvalue weighted by Gasteiger charge is -2.03. The molecule has 2 aromatic carbocycles. The molecule has 0 bridgehead atoms. The standard InChI is InChI=1S/C21H14FN3/c22-18-5-1-14(2-6-18)20-13-25-12-17(4-8-21(25)24-20)15-3-7-19-16(11-15)9-10-23-19/h1-13,23H. The van der Waals surface area contributed by atoms with Gasteiger partial charge in [-0.3, -0.25) is 0 Å². The Labute approximate surface area is 143 Å². The minimum absolute atomic E-state index is 0.241. The van der Waals surface area contributed by atoms with E-state index in [1.54, 1.807) is 12.1 Å². The van der Waals surface area contributed by atoms with Crippen LogP contribution in [0.4, 0.5) is 4.39 Å². The van der Waals surface area contributed by atoms with E-state index in [2.05, 4.69) is 46.5 Å². The molecule has 0 atom stereocenters. The summed E-state index contributed by atoms with van der Waals surface area (Å²) >= 11 is 0. The number of nitrogens with zero attached hydrogens (tertiary/aromatic N) is 2. The van der Waals surface area contributed by atoms with E-state index in [-0.39, 0.29) is 5.82 Å². The molecular formula is C21H14FN3. The molecule has 5 rings (SSSR count). The largest absolute Gasteiger partial charge is 0.361 e. The predicted molar refractivity (Wildman–Crippen MR) is 97.9 cm³/mol. The molecule has 3 heterocycles. The molecule has 0 aliphatic heterocycles. The van der Waals surface area contributed by atoms with Crippen LogP contribution in [0.3, 0.4) is 0 Å². The highest BCUT2D eigenvalue weighted by Crippen LogP contribution is 2.26. The number of imidazole rings is 1. The average molecular weight is 327 g/mol. The van der Waals surface area contributed by atoms with E-state index in [9.17, 15) is 4.39 Å². The quantitative estimate of drug-likeness (QED) is 0.469. The summed E-state index contributed by atoms with van der Waals surface area (Å²) in [7, 11) is 0. The summed E-state index contributed by atoms with van der Waals surface area (Å²) in [4.78, 5) is 7.84. The molecule has 0 amide bonds. The summed E-state index contributed by atoms with van der Waals surface area (Å²) < 4.78 is 15.1. The summed E-state index contributed by atoms with van der Waals surface area (Å²) in [5, 5.41) is 1.19. The van der Waals surface area contributed by atoms with Crippen molar-refractivity contribution in [3.05, 3.63) is 85.1 Å². The fourth-order valence-corrected chi connectivity index (χ4v) is 3.16. The molecule has 120 valence electrons. The number of rotatable bonds is 2. The summed E-state index contributed by atoms with van der Waals surface area (Å²) in [5.74, 6) is -0.241. The maximum Gasteiger partial charge on any atom is 0.137 e. The molecule has 5 aromatic rings. The summed E-state index contributed by atoms with van der Waals surface area (Å²) in [6.07, 6.45) is 5.99. The molecule has 0 spiro atoms. The SMILES string of the molecule is Fc1ccc(-c2cn3cc(-c4ccc5[nH]ccc5c4)ccc3n2)cc1. The van der Waals surface area contributed by atoms with Gasteiger partial charge in [0.1, 0.15) is 11.5 Å². The first-order valence-electron chi connectivity index (χ1n) is 8.08. The van der Waals surface area contributed by atoms with Gasteiger partial charge < -0.3 is 9.38 Å². The number of aromatic nitrogens is 3. The van der Waals surface area contributed by atoms with Crippen molar-refractivity contribution in [3.8, 4) is 22.4 Å². The van der Waals surface area contributed by atoms with Gasteiger partial charge in [-0.15, -0.1) is 0 Å². The van der Waals surface area contributed by atoms with Crippen LogP contribution in [0.5, 0.6) is 0 Å². The third kappa shape index (κ3) is 2.39. The minimum atomic E-state index is -0.241. The van der Waals surface area contributed by atoms with Crippen molar-refractivity contribution in [3.63, 3.8) is 0 Å². The van der Waals surface area contributed by atoms with Gasteiger partial charge in [0.05, 0.1) is 5.69 Å². The van der Waals surface area contributed by atoms with Crippen LogP contribution in [-0.2, 0) is 0 Å². The van der Waals surface area contributed by atoms with Gasteiger partial charge in [-0.25, -0.2) is 9.37 Å². The van der Waals surface area contributed by atoms with E-state index >= 15 is 0 Å². The van der Waals surface area contributed by atoms with Crippen molar-refractivity contribution >= 4 is 16.6 Å². The minimum Gasteiger partial charge on any atom is -0.361 e. The Balaban J connectivity index is 1.60. The molecular weight excluding hydrogens is 313 g/mol. The van der Waals surface area contributed by atoms with E-state index < -0.39 is 0 Å². The van der Waals surface area contributed by atoms with E-state index in [0.29, 0.717) is 0 Å². The molecule has 3 nitrogen and oxygen atoms in total. The highest BCUT2D eigenvalue weighted by molar-refractivity contribution is 5.85. The Morgan fingerprint density at radius 2 is 1.60 bits per heavy atom. The molecule has 0 aliphatic rings.